The zero-order valence-electron chi connectivity index (χ0n) is 9.44. The molecule has 1 heterocycles. The van der Waals surface area contributed by atoms with Gasteiger partial charge in [-0.05, 0) is 6.42 Å². The Hall–Kier alpha value is -1.65. The molecule has 1 aromatic rings. The molecule has 0 radical (unpaired) electrons. The molecule has 1 amide bonds. The number of aryl methyl sites for hydroxylation is 2. The third-order valence-electron chi connectivity index (χ3n) is 2.14. The van der Waals surface area contributed by atoms with Crippen LogP contribution in [0, 0.1) is 0 Å². The van der Waals surface area contributed by atoms with Gasteiger partial charge in [0.2, 0.25) is 0 Å². The topological polar surface area (TPSA) is 55.2 Å². The van der Waals surface area contributed by atoms with Crippen molar-refractivity contribution in [2.75, 3.05) is 14.1 Å². The van der Waals surface area contributed by atoms with Gasteiger partial charge in [0.15, 0.2) is 0 Å². The summed E-state index contributed by atoms with van der Waals surface area (Å²) in [4.78, 5) is 28.4. The van der Waals surface area contributed by atoms with Gasteiger partial charge in [-0.2, -0.15) is 4.98 Å². The minimum atomic E-state index is -0.331. The Morgan fingerprint density at radius 2 is 2.13 bits per heavy atom. The summed E-state index contributed by atoms with van der Waals surface area (Å²) in [5, 5.41) is 0. The maximum Gasteiger partial charge on any atom is 0.347 e. The van der Waals surface area contributed by atoms with Crippen molar-refractivity contribution in [3.63, 3.8) is 0 Å². The number of carbonyl (C=O) groups excluding carboxylic acids is 1. The number of nitrogens with zero attached hydrogens (tertiary/aromatic N) is 3. The van der Waals surface area contributed by atoms with E-state index in [1.54, 1.807) is 21.1 Å². The molecule has 0 spiro atoms. The third-order valence-corrected chi connectivity index (χ3v) is 2.14. The summed E-state index contributed by atoms with van der Waals surface area (Å²) in [6, 6.07) is 0. The minimum absolute atomic E-state index is 0.130. The fourth-order valence-corrected chi connectivity index (χ4v) is 1.27. The fraction of sp³-hybridized carbons (Fsp3) is 0.500. The van der Waals surface area contributed by atoms with Crippen LogP contribution in [0.3, 0.4) is 0 Å². The van der Waals surface area contributed by atoms with E-state index in [0.717, 1.165) is 0 Å². The minimum Gasteiger partial charge on any atom is -0.345 e. The predicted octanol–water partition coefficient (Wildman–Crippen LogP) is 0.0445. The predicted molar refractivity (Wildman–Crippen MR) is 56.9 cm³/mol. The first kappa shape index (κ1) is 11.4. The maximum atomic E-state index is 11.8. The number of amides is 1. The molecule has 1 aromatic heterocycles. The Morgan fingerprint density at radius 1 is 1.53 bits per heavy atom. The molecule has 0 aliphatic heterocycles. The lowest BCUT2D eigenvalue weighted by atomic mass is 10.1. The molecule has 0 bridgehead atoms. The molecule has 5 nitrogen and oxygen atoms in total. The SMILES string of the molecule is CCc1nc(=O)n(C)cc1C(=O)N(C)C. The second-order valence-corrected chi connectivity index (χ2v) is 3.55. The van der Waals surface area contributed by atoms with Gasteiger partial charge in [0.05, 0.1) is 11.3 Å². The van der Waals surface area contributed by atoms with Crippen LogP contribution in [0.25, 0.3) is 0 Å². The molecule has 0 fully saturated rings. The Bertz CT molecular complexity index is 435. The molecule has 0 saturated heterocycles. The Morgan fingerprint density at radius 3 is 2.60 bits per heavy atom. The summed E-state index contributed by atoms with van der Waals surface area (Å²) in [5.41, 5.74) is 0.712. The van der Waals surface area contributed by atoms with E-state index in [0.29, 0.717) is 17.7 Å². The molecule has 15 heavy (non-hydrogen) atoms. The van der Waals surface area contributed by atoms with Gasteiger partial charge in [-0.25, -0.2) is 4.79 Å². The number of aromatic nitrogens is 2. The molecule has 82 valence electrons. The van der Waals surface area contributed by atoms with Crippen molar-refractivity contribution in [2.24, 2.45) is 7.05 Å². The number of hydrogen-bond acceptors (Lipinski definition) is 3. The van der Waals surface area contributed by atoms with Crippen LogP contribution < -0.4 is 5.69 Å². The number of rotatable bonds is 2. The van der Waals surface area contributed by atoms with E-state index in [1.165, 1.54) is 15.7 Å². The van der Waals surface area contributed by atoms with E-state index in [1.807, 2.05) is 6.92 Å². The summed E-state index contributed by atoms with van der Waals surface area (Å²) in [5.74, 6) is -0.130. The molecule has 1 rings (SSSR count). The Labute approximate surface area is 88.4 Å². The van der Waals surface area contributed by atoms with Crippen molar-refractivity contribution in [1.29, 1.82) is 0 Å². The first-order valence-electron chi connectivity index (χ1n) is 4.75. The zero-order chi connectivity index (χ0) is 11.6. The van der Waals surface area contributed by atoms with Crippen LogP contribution in [0.15, 0.2) is 11.0 Å². The molecular formula is C10H15N3O2. The quantitative estimate of drug-likeness (QED) is 0.691. The maximum absolute atomic E-state index is 11.8. The molecule has 0 aromatic carbocycles. The van der Waals surface area contributed by atoms with E-state index < -0.39 is 0 Å². The fourth-order valence-electron chi connectivity index (χ4n) is 1.27. The van der Waals surface area contributed by atoms with E-state index in [4.69, 9.17) is 0 Å². The molecule has 0 saturated carbocycles. The standard InChI is InChI=1S/C10H15N3O2/c1-5-8-7(9(14)12(2)3)6-13(4)10(15)11-8/h6H,5H2,1-4H3. The highest BCUT2D eigenvalue weighted by molar-refractivity contribution is 5.94. The van der Waals surface area contributed by atoms with Crippen molar-refractivity contribution in [2.45, 2.75) is 13.3 Å². The van der Waals surface area contributed by atoms with E-state index in [2.05, 4.69) is 4.98 Å². The highest BCUT2D eigenvalue weighted by atomic mass is 16.2. The average Bonchev–Trinajstić information content (AvgIpc) is 2.20. The molecule has 0 unspecified atom stereocenters. The highest BCUT2D eigenvalue weighted by Gasteiger charge is 2.14. The van der Waals surface area contributed by atoms with Gasteiger partial charge in [-0.15, -0.1) is 0 Å². The Balaban J connectivity index is 3.34. The molecule has 0 aliphatic carbocycles. The first-order chi connectivity index (χ1) is 6.97. The van der Waals surface area contributed by atoms with Crippen LogP contribution in [0.4, 0.5) is 0 Å². The van der Waals surface area contributed by atoms with Crippen molar-refractivity contribution >= 4 is 5.91 Å². The lowest BCUT2D eigenvalue weighted by molar-refractivity contribution is 0.0825. The Kier molecular flexibility index (Phi) is 3.24. The molecule has 0 aliphatic rings. The van der Waals surface area contributed by atoms with Crippen LogP contribution in [0.2, 0.25) is 0 Å². The van der Waals surface area contributed by atoms with Crippen molar-refractivity contribution in [3.05, 3.63) is 27.9 Å². The molecule has 0 N–H and O–H groups in total. The van der Waals surface area contributed by atoms with Gasteiger partial charge in [0, 0.05) is 27.3 Å². The van der Waals surface area contributed by atoms with E-state index >= 15 is 0 Å². The van der Waals surface area contributed by atoms with Crippen LogP contribution >= 0.6 is 0 Å². The second-order valence-electron chi connectivity index (χ2n) is 3.55. The second kappa shape index (κ2) is 4.25. The van der Waals surface area contributed by atoms with Crippen LogP contribution in [0.5, 0.6) is 0 Å². The third kappa shape index (κ3) is 2.23. The zero-order valence-corrected chi connectivity index (χ0v) is 9.44. The van der Waals surface area contributed by atoms with Gasteiger partial charge in [0.1, 0.15) is 0 Å². The summed E-state index contributed by atoms with van der Waals surface area (Å²) in [7, 11) is 4.93. The van der Waals surface area contributed by atoms with Gasteiger partial charge >= 0.3 is 5.69 Å². The first-order valence-corrected chi connectivity index (χ1v) is 4.75. The monoisotopic (exact) mass is 209 g/mol. The van der Waals surface area contributed by atoms with E-state index in [-0.39, 0.29) is 11.6 Å². The van der Waals surface area contributed by atoms with Crippen molar-refractivity contribution < 1.29 is 4.79 Å². The molecular weight excluding hydrogens is 194 g/mol. The largest absolute Gasteiger partial charge is 0.347 e. The van der Waals surface area contributed by atoms with Crippen molar-refractivity contribution in [3.8, 4) is 0 Å². The normalized spacial score (nSPS) is 10.1. The summed E-state index contributed by atoms with van der Waals surface area (Å²) < 4.78 is 1.32. The van der Waals surface area contributed by atoms with Crippen LogP contribution in [-0.2, 0) is 13.5 Å². The van der Waals surface area contributed by atoms with E-state index in [9.17, 15) is 9.59 Å². The van der Waals surface area contributed by atoms with Gasteiger partial charge in [-0.1, -0.05) is 6.92 Å². The lowest BCUT2D eigenvalue weighted by Gasteiger charge is -2.13. The molecule has 0 atom stereocenters. The van der Waals surface area contributed by atoms with Crippen LogP contribution in [0.1, 0.15) is 23.0 Å². The molecule has 5 heteroatoms. The van der Waals surface area contributed by atoms with Gasteiger partial charge in [-0.3, -0.25) is 4.79 Å². The summed E-state index contributed by atoms with van der Waals surface area (Å²) in [6.07, 6.45) is 2.11. The highest BCUT2D eigenvalue weighted by Crippen LogP contribution is 2.06. The smallest absolute Gasteiger partial charge is 0.345 e. The van der Waals surface area contributed by atoms with Gasteiger partial charge < -0.3 is 9.47 Å². The summed E-state index contributed by atoms with van der Waals surface area (Å²) in [6.45, 7) is 1.87. The number of hydrogen-bond donors (Lipinski definition) is 0. The van der Waals surface area contributed by atoms with Crippen LogP contribution in [-0.4, -0.2) is 34.5 Å². The van der Waals surface area contributed by atoms with Crippen molar-refractivity contribution in [1.82, 2.24) is 14.5 Å². The number of carbonyl (C=O) groups is 1. The van der Waals surface area contributed by atoms with Gasteiger partial charge in [0.25, 0.3) is 5.91 Å². The average molecular weight is 209 g/mol. The summed E-state index contributed by atoms with van der Waals surface area (Å²) >= 11 is 0. The lowest BCUT2D eigenvalue weighted by Crippen LogP contribution is -2.29.